The van der Waals surface area contributed by atoms with E-state index in [1.807, 2.05) is 31.0 Å². The van der Waals surface area contributed by atoms with Crippen molar-refractivity contribution < 1.29 is 13.9 Å². The van der Waals surface area contributed by atoms with Crippen LogP contribution in [-0.4, -0.2) is 50.2 Å². The van der Waals surface area contributed by atoms with Crippen LogP contribution in [0.1, 0.15) is 12.5 Å². The zero-order valence-corrected chi connectivity index (χ0v) is 16.9. The first-order valence-corrected chi connectivity index (χ1v) is 9.70. The molecule has 0 aromatic heterocycles. The van der Waals surface area contributed by atoms with Crippen molar-refractivity contribution >= 4 is 28.9 Å². The number of benzene rings is 2. The molecule has 0 spiro atoms. The molecule has 5 nitrogen and oxygen atoms in total. The Balaban J connectivity index is 1.67. The first kappa shape index (κ1) is 20.6. The van der Waals surface area contributed by atoms with Crippen LogP contribution in [0.4, 0.5) is 15.8 Å². The van der Waals surface area contributed by atoms with Gasteiger partial charge in [0.15, 0.2) is 0 Å². The average molecular weight is 406 g/mol. The lowest BCUT2D eigenvalue weighted by Gasteiger charge is -2.32. The summed E-state index contributed by atoms with van der Waals surface area (Å²) in [6, 6.07) is 11.8. The smallest absolute Gasteiger partial charge is 0.241 e. The molecular weight excluding hydrogens is 381 g/mol. The summed E-state index contributed by atoms with van der Waals surface area (Å²) >= 11 is 6.01. The van der Waals surface area contributed by atoms with E-state index >= 15 is 0 Å². The highest BCUT2D eigenvalue weighted by Gasteiger charge is 2.21. The van der Waals surface area contributed by atoms with Gasteiger partial charge in [-0.25, -0.2) is 4.39 Å². The number of hydrogen-bond donors (Lipinski definition) is 1. The van der Waals surface area contributed by atoms with Crippen molar-refractivity contribution in [3.63, 3.8) is 0 Å². The number of likely N-dealkylation sites (N-methyl/N-ethyl adjacent to an activating group) is 1. The number of carbonyl (C=O) groups excluding carboxylic acids is 1. The Kier molecular flexibility index (Phi) is 6.88. The van der Waals surface area contributed by atoms with Gasteiger partial charge in [0.2, 0.25) is 5.91 Å². The van der Waals surface area contributed by atoms with Crippen LogP contribution in [-0.2, 0) is 16.1 Å². The molecule has 0 radical (unpaired) electrons. The average Bonchev–Trinajstić information content (AvgIpc) is 2.70. The fourth-order valence-electron chi connectivity index (χ4n) is 3.19. The molecule has 0 bridgehead atoms. The molecule has 3 rings (SSSR count). The minimum absolute atomic E-state index is 0.181. The summed E-state index contributed by atoms with van der Waals surface area (Å²) in [6.45, 7) is 5.63. The lowest BCUT2D eigenvalue weighted by molar-refractivity contribution is -0.120. The van der Waals surface area contributed by atoms with E-state index in [1.54, 1.807) is 0 Å². The van der Waals surface area contributed by atoms with Crippen molar-refractivity contribution in [2.75, 3.05) is 43.6 Å². The number of morpholine rings is 1. The first-order valence-electron chi connectivity index (χ1n) is 9.32. The van der Waals surface area contributed by atoms with Gasteiger partial charge in [-0.1, -0.05) is 29.8 Å². The Morgan fingerprint density at radius 1 is 1.29 bits per heavy atom. The van der Waals surface area contributed by atoms with Crippen LogP contribution < -0.4 is 10.2 Å². The summed E-state index contributed by atoms with van der Waals surface area (Å²) in [4.78, 5) is 16.9. The van der Waals surface area contributed by atoms with Gasteiger partial charge in [0.05, 0.1) is 30.0 Å². The van der Waals surface area contributed by atoms with Gasteiger partial charge in [-0.2, -0.15) is 0 Å². The first-order chi connectivity index (χ1) is 13.5. The van der Waals surface area contributed by atoms with E-state index in [2.05, 4.69) is 22.3 Å². The van der Waals surface area contributed by atoms with Crippen molar-refractivity contribution in [2.24, 2.45) is 0 Å². The number of anilines is 2. The fraction of sp³-hybridized carbons (Fsp3) is 0.381. The van der Waals surface area contributed by atoms with Crippen LogP contribution in [0.25, 0.3) is 0 Å². The normalized spacial score (nSPS) is 15.5. The summed E-state index contributed by atoms with van der Waals surface area (Å²) in [5, 5.41) is 2.96. The third-order valence-corrected chi connectivity index (χ3v) is 5.31. The predicted molar refractivity (Wildman–Crippen MR) is 110 cm³/mol. The molecule has 1 saturated heterocycles. The number of hydrogen-bond acceptors (Lipinski definition) is 4. The number of halogens is 2. The van der Waals surface area contributed by atoms with E-state index < -0.39 is 5.82 Å². The summed E-state index contributed by atoms with van der Waals surface area (Å²) in [6.07, 6.45) is 0. The van der Waals surface area contributed by atoms with E-state index in [-0.39, 0.29) is 17.0 Å². The van der Waals surface area contributed by atoms with Crippen LogP contribution in [0.2, 0.25) is 5.02 Å². The maximum absolute atomic E-state index is 13.2. The Hall–Kier alpha value is -2.15. The minimum Gasteiger partial charge on any atom is -0.378 e. The standard InChI is InChI=1S/C21H25ClFN3O2/c1-15(21(27)24-19-8-7-17(23)13-18(19)22)25(2)14-16-5-3-4-6-20(16)26-9-11-28-12-10-26/h3-8,13,15H,9-12,14H2,1-2H3,(H,24,27). The van der Waals surface area contributed by atoms with Gasteiger partial charge in [0, 0.05) is 25.3 Å². The molecule has 1 atom stereocenters. The molecule has 1 amide bonds. The molecule has 0 saturated carbocycles. The van der Waals surface area contributed by atoms with E-state index in [9.17, 15) is 9.18 Å². The minimum atomic E-state index is -0.437. The molecule has 1 aliphatic rings. The molecule has 150 valence electrons. The van der Waals surface area contributed by atoms with E-state index in [0.29, 0.717) is 12.2 Å². The maximum Gasteiger partial charge on any atom is 0.241 e. The molecule has 1 unspecified atom stereocenters. The van der Waals surface area contributed by atoms with Crippen molar-refractivity contribution in [1.29, 1.82) is 0 Å². The molecule has 7 heteroatoms. The van der Waals surface area contributed by atoms with Crippen molar-refractivity contribution in [1.82, 2.24) is 4.90 Å². The Morgan fingerprint density at radius 3 is 2.71 bits per heavy atom. The maximum atomic E-state index is 13.2. The molecule has 1 fully saturated rings. The summed E-state index contributed by atoms with van der Waals surface area (Å²) < 4.78 is 18.6. The second-order valence-electron chi connectivity index (χ2n) is 6.93. The largest absolute Gasteiger partial charge is 0.378 e. The van der Waals surface area contributed by atoms with Crippen LogP contribution in [0.15, 0.2) is 42.5 Å². The highest BCUT2D eigenvalue weighted by Crippen LogP contribution is 2.25. The number of carbonyl (C=O) groups is 1. The lowest BCUT2D eigenvalue weighted by Crippen LogP contribution is -2.40. The van der Waals surface area contributed by atoms with Crippen molar-refractivity contribution in [3.8, 4) is 0 Å². The second kappa shape index (κ2) is 9.37. The molecule has 2 aromatic carbocycles. The van der Waals surface area contributed by atoms with E-state index in [4.69, 9.17) is 16.3 Å². The number of ether oxygens (including phenoxy) is 1. The van der Waals surface area contributed by atoms with E-state index in [0.717, 1.165) is 31.9 Å². The fourth-order valence-corrected chi connectivity index (χ4v) is 3.41. The highest BCUT2D eigenvalue weighted by molar-refractivity contribution is 6.33. The molecule has 1 N–H and O–H groups in total. The number of nitrogens with zero attached hydrogens (tertiary/aromatic N) is 2. The molecular formula is C21H25ClFN3O2. The molecule has 2 aromatic rings. The third kappa shape index (κ3) is 5.01. The van der Waals surface area contributed by atoms with Crippen molar-refractivity contribution in [2.45, 2.75) is 19.5 Å². The van der Waals surface area contributed by atoms with Gasteiger partial charge < -0.3 is 15.0 Å². The van der Waals surface area contributed by atoms with Gasteiger partial charge in [0.25, 0.3) is 0 Å². The van der Waals surface area contributed by atoms with Gasteiger partial charge in [0.1, 0.15) is 5.82 Å². The number of para-hydroxylation sites is 1. The predicted octanol–water partition coefficient (Wildman–Crippen LogP) is 3.77. The number of rotatable bonds is 6. The monoisotopic (exact) mass is 405 g/mol. The molecule has 0 aliphatic carbocycles. The summed E-state index contributed by atoms with van der Waals surface area (Å²) in [7, 11) is 1.91. The van der Waals surface area contributed by atoms with Crippen LogP contribution >= 0.6 is 11.6 Å². The summed E-state index contributed by atoms with van der Waals surface area (Å²) in [5.41, 5.74) is 2.74. The lowest BCUT2D eigenvalue weighted by atomic mass is 10.1. The zero-order valence-electron chi connectivity index (χ0n) is 16.1. The Morgan fingerprint density at radius 2 is 2.00 bits per heavy atom. The molecule has 1 aliphatic heterocycles. The van der Waals surface area contributed by atoms with Gasteiger partial charge in [-0.15, -0.1) is 0 Å². The van der Waals surface area contributed by atoms with Crippen LogP contribution in [0.5, 0.6) is 0 Å². The molecule has 28 heavy (non-hydrogen) atoms. The van der Waals surface area contributed by atoms with Gasteiger partial charge in [-0.05, 0) is 43.8 Å². The van der Waals surface area contributed by atoms with Gasteiger partial charge >= 0.3 is 0 Å². The summed E-state index contributed by atoms with van der Waals surface area (Å²) in [5.74, 6) is -0.632. The number of amides is 1. The SMILES string of the molecule is CC(C(=O)Nc1ccc(F)cc1Cl)N(C)Cc1ccccc1N1CCOCC1. The van der Waals surface area contributed by atoms with Crippen LogP contribution in [0.3, 0.4) is 0 Å². The molecule has 1 heterocycles. The zero-order chi connectivity index (χ0) is 20.1. The quantitative estimate of drug-likeness (QED) is 0.794. The number of nitrogens with one attached hydrogen (secondary N) is 1. The third-order valence-electron chi connectivity index (χ3n) is 4.99. The van der Waals surface area contributed by atoms with Crippen molar-refractivity contribution in [3.05, 3.63) is 58.9 Å². The Labute approximate surface area is 170 Å². The highest BCUT2D eigenvalue weighted by atomic mass is 35.5. The second-order valence-corrected chi connectivity index (χ2v) is 7.34. The van der Waals surface area contributed by atoms with Crippen LogP contribution in [0, 0.1) is 5.82 Å². The van der Waals surface area contributed by atoms with E-state index in [1.165, 1.54) is 23.9 Å². The van der Waals surface area contributed by atoms with Gasteiger partial charge in [-0.3, -0.25) is 9.69 Å². The Bertz CT molecular complexity index is 827. The topological polar surface area (TPSA) is 44.8 Å².